The molecule has 1 aliphatic heterocycles. The van der Waals surface area contributed by atoms with Crippen molar-refractivity contribution in [2.24, 2.45) is 0 Å². The molecule has 3 aromatic carbocycles. The maximum absolute atomic E-state index is 13.3. The van der Waals surface area contributed by atoms with Crippen LogP contribution in [-0.4, -0.2) is 78.3 Å². The minimum Gasteiger partial charge on any atom is -0.405 e. The summed E-state index contributed by atoms with van der Waals surface area (Å²) in [5.41, 5.74) is 0.750. The lowest BCUT2D eigenvalue weighted by atomic mass is 9.97. The first-order valence-corrected chi connectivity index (χ1v) is 17.8. The standard InChI is InChI=1S/C32H38F3NO8SSi/c1-21-16-18-22(19-17-21)45(39,40)44-28-26(36-30(38)32(33,34)35)29(41-5)43-25(27(28)37)20-42-46(31(2,3)4,23-12-8-6-9-13-23)24-14-10-7-11-15-24/h6-19,25-29,37H,20H2,1-5H3,(H,36,38)/t25-,26-,27-,28-,29+/m1/s1. The summed E-state index contributed by atoms with van der Waals surface area (Å²) in [5, 5.41) is 14.6. The van der Waals surface area contributed by atoms with Crippen LogP contribution >= 0.6 is 0 Å². The molecule has 0 bridgehead atoms. The van der Waals surface area contributed by atoms with E-state index in [2.05, 4.69) is 0 Å². The zero-order valence-corrected chi connectivity index (χ0v) is 27.8. The van der Waals surface area contributed by atoms with Gasteiger partial charge in [0.2, 0.25) is 0 Å². The molecule has 2 N–H and O–H groups in total. The Balaban J connectivity index is 1.75. The smallest absolute Gasteiger partial charge is 0.405 e. The van der Waals surface area contributed by atoms with Crippen molar-refractivity contribution in [2.45, 2.75) is 74.4 Å². The number of benzene rings is 3. The van der Waals surface area contributed by atoms with Crippen molar-refractivity contribution in [2.75, 3.05) is 13.7 Å². The summed E-state index contributed by atoms with van der Waals surface area (Å²) in [6, 6.07) is 22.7. The minimum absolute atomic E-state index is 0.299. The first-order valence-electron chi connectivity index (χ1n) is 14.5. The van der Waals surface area contributed by atoms with Crippen molar-refractivity contribution < 1.29 is 49.6 Å². The van der Waals surface area contributed by atoms with Gasteiger partial charge in [0.1, 0.15) is 24.4 Å². The molecule has 1 aliphatic rings. The average Bonchev–Trinajstić information content (AvgIpc) is 3.00. The normalized spacial score (nSPS) is 22.8. The summed E-state index contributed by atoms with van der Waals surface area (Å²) in [4.78, 5) is 11.7. The van der Waals surface area contributed by atoms with Gasteiger partial charge in [-0.2, -0.15) is 21.6 Å². The number of hydrogen-bond acceptors (Lipinski definition) is 8. The van der Waals surface area contributed by atoms with Crippen LogP contribution < -0.4 is 15.7 Å². The predicted octanol–water partition coefficient (Wildman–Crippen LogP) is 3.42. The van der Waals surface area contributed by atoms with Crippen LogP contribution in [0.1, 0.15) is 26.3 Å². The van der Waals surface area contributed by atoms with Gasteiger partial charge < -0.3 is 24.3 Å². The molecule has 3 aromatic rings. The Morgan fingerprint density at radius 2 is 1.46 bits per heavy atom. The van der Waals surface area contributed by atoms with Gasteiger partial charge in [0.15, 0.2) is 6.29 Å². The molecule has 1 amide bonds. The quantitative estimate of drug-likeness (QED) is 0.247. The Bertz CT molecular complexity index is 1530. The van der Waals surface area contributed by atoms with Crippen molar-refractivity contribution >= 4 is 34.7 Å². The lowest BCUT2D eigenvalue weighted by Gasteiger charge is -2.47. The van der Waals surface area contributed by atoms with Gasteiger partial charge >= 0.3 is 12.1 Å². The average molecular weight is 682 g/mol. The Morgan fingerprint density at radius 1 is 0.935 bits per heavy atom. The van der Waals surface area contributed by atoms with Gasteiger partial charge in [-0.1, -0.05) is 99.1 Å². The van der Waals surface area contributed by atoms with E-state index in [4.69, 9.17) is 18.1 Å². The Labute approximate surface area is 267 Å². The molecule has 9 nitrogen and oxygen atoms in total. The largest absolute Gasteiger partial charge is 0.471 e. The van der Waals surface area contributed by atoms with Gasteiger partial charge in [-0.25, -0.2) is 0 Å². The Hall–Kier alpha value is -3.11. The summed E-state index contributed by atoms with van der Waals surface area (Å²) in [6.45, 7) is 7.49. The van der Waals surface area contributed by atoms with Crippen LogP contribution in [0.4, 0.5) is 13.2 Å². The van der Waals surface area contributed by atoms with Crippen LogP contribution in [0.2, 0.25) is 5.04 Å². The van der Waals surface area contributed by atoms with Crippen molar-refractivity contribution in [3.8, 4) is 0 Å². The van der Waals surface area contributed by atoms with Gasteiger partial charge in [0.25, 0.3) is 18.4 Å². The van der Waals surface area contributed by atoms with Gasteiger partial charge in [-0.05, 0) is 34.5 Å². The molecule has 5 atom stereocenters. The van der Waals surface area contributed by atoms with E-state index < -0.39 is 66.2 Å². The lowest BCUT2D eigenvalue weighted by molar-refractivity contribution is -0.259. The number of methoxy groups -OCH3 is 1. The molecule has 4 rings (SSSR count). The van der Waals surface area contributed by atoms with Crippen molar-refractivity contribution in [1.29, 1.82) is 0 Å². The number of aliphatic hydroxyl groups is 1. The Kier molecular flexibility index (Phi) is 10.8. The number of nitrogens with one attached hydrogen (secondary N) is 1. The van der Waals surface area contributed by atoms with E-state index >= 15 is 0 Å². The summed E-state index contributed by atoms with van der Waals surface area (Å²) >= 11 is 0. The minimum atomic E-state index is -5.33. The number of amides is 1. The number of ether oxygens (including phenoxy) is 2. The molecule has 0 aliphatic carbocycles. The highest BCUT2D eigenvalue weighted by molar-refractivity contribution is 7.86. The zero-order chi connectivity index (χ0) is 33.9. The number of aliphatic hydroxyl groups excluding tert-OH is 1. The zero-order valence-electron chi connectivity index (χ0n) is 26.0. The number of hydrogen-bond donors (Lipinski definition) is 2. The van der Waals surface area contributed by atoms with Crippen LogP contribution in [0.3, 0.4) is 0 Å². The molecule has 0 saturated carbocycles. The SMILES string of the molecule is CO[C@H]1O[C@H](CO[Si](c2ccccc2)(c2ccccc2)C(C)(C)C)[C@@H](O)[C@H](OS(=O)(=O)c2ccc(C)cc2)[C@H]1NC(=O)C(F)(F)F. The molecule has 14 heteroatoms. The van der Waals surface area contributed by atoms with Crippen molar-refractivity contribution in [1.82, 2.24) is 5.32 Å². The highest BCUT2D eigenvalue weighted by Gasteiger charge is 2.54. The first-order chi connectivity index (χ1) is 21.5. The topological polar surface area (TPSA) is 120 Å². The molecule has 1 saturated heterocycles. The molecular weight excluding hydrogens is 643 g/mol. The fourth-order valence-electron chi connectivity index (χ4n) is 5.63. The third-order valence-corrected chi connectivity index (χ3v) is 14.2. The van der Waals surface area contributed by atoms with Gasteiger partial charge in [-0.15, -0.1) is 0 Å². The second-order valence-electron chi connectivity index (χ2n) is 12.1. The summed E-state index contributed by atoms with van der Waals surface area (Å²) in [6.07, 6.45) is -12.2. The first kappa shape index (κ1) is 35.7. The Morgan fingerprint density at radius 3 is 1.91 bits per heavy atom. The van der Waals surface area contributed by atoms with Crippen LogP contribution in [0, 0.1) is 6.92 Å². The van der Waals surface area contributed by atoms with Crippen LogP contribution in [-0.2, 0) is 33.0 Å². The molecule has 250 valence electrons. The number of carbonyl (C=O) groups is 1. The highest BCUT2D eigenvalue weighted by atomic mass is 32.2. The molecule has 1 fully saturated rings. The molecule has 0 radical (unpaired) electrons. The van der Waals surface area contributed by atoms with Gasteiger partial charge in [0.05, 0.1) is 11.5 Å². The molecule has 0 unspecified atom stereocenters. The van der Waals surface area contributed by atoms with Crippen LogP contribution in [0.5, 0.6) is 0 Å². The summed E-state index contributed by atoms with van der Waals surface area (Å²) < 4.78 is 90.1. The molecule has 0 spiro atoms. The number of aryl methyl sites for hydroxylation is 1. The van der Waals surface area contributed by atoms with E-state index in [1.807, 2.05) is 81.4 Å². The van der Waals surface area contributed by atoms with E-state index in [1.54, 1.807) is 12.2 Å². The van der Waals surface area contributed by atoms with E-state index in [9.17, 15) is 31.5 Å². The second kappa shape index (κ2) is 13.9. The summed E-state index contributed by atoms with van der Waals surface area (Å²) in [5.74, 6) is -2.39. The van der Waals surface area contributed by atoms with E-state index in [0.29, 0.717) is 0 Å². The van der Waals surface area contributed by atoms with Crippen LogP contribution in [0.25, 0.3) is 0 Å². The lowest BCUT2D eigenvalue weighted by Crippen LogP contribution is -2.69. The third-order valence-electron chi connectivity index (χ3n) is 7.89. The second-order valence-corrected chi connectivity index (χ2v) is 17.9. The third kappa shape index (κ3) is 7.54. The molecule has 46 heavy (non-hydrogen) atoms. The van der Waals surface area contributed by atoms with Crippen LogP contribution in [0.15, 0.2) is 89.8 Å². The fourth-order valence-corrected chi connectivity index (χ4v) is 11.3. The monoisotopic (exact) mass is 681 g/mol. The number of carbonyl (C=O) groups excluding carboxylic acids is 1. The maximum Gasteiger partial charge on any atom is 0.471 e. The molecule has 0 aromatic heterocycles. The maximum atomic E-state index is 13.3. The predicted molar refractivity (Wildman–Crippen MR) is 166 cm³/mol. The fraction of sp³-hybridized carbons (Fsp3) is 0.406. The van der Waals surface area contributed by atoms with Crippen molar-refractivity contribution in [3.05, 3.63) is 90.5 Å². The van der Waals surface area contributed by atoms with Gasteiger partial charge in [0, 0.05) is 7.11 Å². The van der Waals surface area contributed by atoms with E-state index in [1.165, 1.54) is 24.3 Å². The highest BCUT2D eigenvalue weighted by Crippen LogP contribution is 2.38. The number of rotatable bonds is 10. The number of alkyl halides is 3. The van der Waals surface area contributed by atoms with Gasteiger partial charge in [-0.3, -0.25) is 8.98 Å². The van der Waals surface area contributed by atoms with E-state index in [-0.39, 0.29) is 11.5 Å². The van der Waals surface area contributed by atoms with Crippen molar-refractivity contribution in [3.63, 3.8) is 0 Å². The number of halogens is 3. The summed E-state index contributed by atoms with van der Waals surface area (Å²) in [7, 11) is -6.74. The molecular formula is C32H38F3NO8SSi. The van der Waals surface area contributed by atoms with E-state index in [0.717, 1.165) is 23.0 Å². The molecule has 1 heterocycles.